The van der Waals surface area contributed by atoms with Crippen LogP contribution in [-0.2, 0) is 22.2 Å². The largest absolute Gasteiger partial charge is 0.497 e. The summed E-state index contributed by atoms with van der Waals surface area (Å²) in [5.74, 6) is -1.15. The molecule has 0 aliphatic carbocycles. The lowest BCUT2D eigenvalue weighted by molar-refractivity contribution is -0.137. The Labute approximate surface area is 159 Å². The van der Waals surface area contributed by atoms with Crippen molar-refractivity contribution < 1.29 is 32.6 Å². The van der Waals surface area contributed by atoms with Crippen molar-refractivity contribution in [1.29, 1.82) is 0 Å². The molecule has 4 N–H and O–H groups in total. The van der Waals surface area contributed by atoms with Crippen LogP contribution in [0, 0.1) is 0 Å². The number of benzene rings is 2. The van der Waals surface area contributed by atoms with Gasteiger partial charge in [0.2, 0.25) is 5.91 Å². The number of rotatable bonds is 7. The minimum atomic E-state index is -4.53. The molecule has 2 atom stereocenters. The number of methoxy groups -OCH3 is 1. The van der Waals surface area contributed by atoms with Crippen LogP contribution in [0.3, 0.4) is 0 Å². The van der Waals surface area contributed by atoms with E-state index in [0.717, 1.165) is 24.3 Å². The molecule has 0 radical (unpaired) electrons. The van der Waals surface area contributed by atoms with Crippen molar-refractivity contribution in [2.45, 2.75) is 24.7 Å². The smallest absolute Gasteiger partial charge is 0.416 e. The third kappa shape index (κ3) is 5.46. The number of alkyl halides is 3. The van der Waals surface area contributed by atoms with Gasteiger partial charge in [-0.3, -0.25) is 9.59 Å². The third-order valence-corrected chi connectivity index (χ3v) is 4.06. The number of carbonyl (C=O) groups excluding carboxylic acids is 2. The number of aliphatic hydroxyl groups excluding tert-OH is 1. The lowest BCUT2D eigenvalue weighted by Gasteiger charge is -2.19. The number of aliphatic hydroxyl groups is 1. The maximum atomic E-state index is 12.6. The zero-order valence-electron chi connectivity index (χ0n) is 14.9. The van der Waals surface area contributed by atoms with E-state index in [9.17, 15) is 27.9 Å². The maximum Gasteiger partial charge on any atom is 0.416 e. The summed E-state index contributed by atoms with van der Waals surface area (Å²) in [6.07, 6.45) is -6.20. The quantitative estimate of drug-likeness (QED) is 0.666. The fourth-order valence-electron chi connectivity index (χ4n) is 2.48. The molecule has 150 valence electrons. The maximum absolute atomic E-state index is 12.6. The highest BCUT2D eigenvalue weighted by Crippen LogP contribution is 2.30. The Balaban J connectivity index is 2.07. The van der Waals surface area contributed by atoms with Crippen LogP contribution >= 0.6 is 0 Å². The summed E-state index contributed by atoms with van der Waals surface area (Å²) in [7, 11) is 1.50. The van der Waals surface area contributed by atoms with Crippen molar-refractivity contribution in [1.82, 2.24) is 5.32 Å². The first-order chi connectivity index (χ1) is 13.1. The predicted molar refractivity (Wildman–Crippen MR) is 94.2 cm³/mol. The summed E-state index contributed by atoms with van der Waals surface area (Å²) in [5.41, 5.74) is 5.05. The number of hydrogen-bond donors (Lipinski definition) is 3. The van der Waals surface area contributed by atoms with Crippen LogP contribution in [0.25, 0.3) is 0 Å². The van der Waals surface area contributed by atoms with E-state index in [-0.39, 0.29) is 12.0 Å². The minimum absolute atomic E-state index is 0.0434. The van der Waals surface area contributed by atoms with E-state index in [1.807, 2.05) is 0 Å². The van der Waals surface area contributed by atoms with Gasteiger partial charge in [0, 0.05) is 6.42 Å². The highest BCUT2D eigenvalue weighted by atomic mass is 19.4. The van der Waals surface area contributed by atoms with Crippen LogP contribution in [-0.4, -0.2) is 30.1 Å². The molecule has 2 aromatic carbocycles. The molecule has 6 nitrogen and oxygen atoms in total. The van der Waals surface area contributed by atoms with Gasteiger partial charge >= 0.3 is 6.18 Å². The molecule has 0 fully saturated rings. The minimum Gasteiger partial charge on any atom is -0.497 e. The SMILES string of the molecule is COc1ccc(C[C@H](NC(=O)[C@@H](O)c2ccc(C(F)(F)F)cc2)C(N)=O)cc1. The normalized spacial score (nSPS) is 13.5. The molecule has 0 heterocycles. The van der Waals surface area contributed by atoms with Crippen molar-refractivity contribution in [2.75, 3.05) is 7.11 Å². The van der Waals surface area contributed by atoms with Gasteiger partial charge in [0.25, 0.3) is 5.91 Å². The topological polar surface area (TPSA) is 102 Å². The molecule has 0 saturated heterocycles. The molecular formula is C19H19F3N2O4. The number of primary amides is 1. The number of ether oxygens (including phenoxy) is 1. The van der Waals surface area contributed by atoms with Crippen LogP contribution in [0.4, 0.5) is 13.2 Å². The average Bonchev–Trinajstić information content (AvgIpc) is 2.66. The molecule has 0 spiro atoms. The van der Waals surface area contributed by atoms with E-state index in [1.165, 1.54) is 7.11 Å². The highest BCUT2D eigenvalue weighted by Gasteiger charge is 2.31. The van der Waals surface area contributed by atoms with E-state index in [4.69, 9.17) is 10.5 Å². The molecule has 2 aromatic rings. The van der Waals surface area contributed by atoms with Crippen LogP contribution in [0.1, 0.15) is 22.8 Å². The molecule has 0 bridgehead atoms. The first-order valence-corrected chi connectivity index (χ1v) is 8.19. The number of halogens is 3. The van der Waals surface area contributed by atoms with Gasteiger partial charge < -0.3 is 20.9 Å². The summed E-state index contributed by atoms with van der Waals surface area (Å²) in [6, 6.07) is 9.12. The predicted octanol–water partition coefficient (Wildman–Crippen LogP) is 1.96. The Kier molecular flexibility index (Phi) is 6.63. The first kappa shape index (κ1) is 21.2. The van der Waals surface area contributed by atoms with Gasteiger partial charge in [0.15, 0.2) is 6.10 Å². The highest BCUT2D eigenvalue weighted by molar-refractivity contribution is 5.89. The van der Waals surface area contributed by atoms with Crippen LogP contribution in [0.2, 0.25) is 0 Å². The molecule has 0 aliphatic rings. The zero-order chi connectivity index (χ0) is 20.9. The number of nitrogens with two attached hydrogens (primary N) is 1. The summed E-state index contributed by atoms with van der Waals surface area (Å²) < 4.78 is 42.8. The molecule has 0 saturated carbocycles. The van der Waals surface area contributed by atoms with Crippen molar-refractivity contribution in [2.24, 2.45) is 5.73 Å². The van der Waals surface area contributed by atoms with Crippen molar-refractivity contribution >= 4 is 11.8 Å². The van der Waals surface area contributed by atoms with Gasteiger partial charge in [-0.05, 0) is 35.4 Å². The van der Waals surface area contributed by atoms with E-state index in [0.29, 0.717) is 11.3 Å². The van der Waals surface area contributed by atoms with Gasteiger partial charge in [0.1, 0.15) is 11.8 Å². The molecule has 2 rings (SSSR count). The number of amides is 2. The van der Waals surface area contributed by atoms with Crippen LogP contribution in [0.15, 0.2) is 48.5 Å². The van der Waals surface area contributed by atoms with Gasteiger partial charge in [-0.2, -0.15) is 13.2 Å². The molecule has 0 unspecified atom stereocenters. The number of hydrogen-bond acceptors (Lipinski definition) is 4. The molecule has 0 aromatic heterocycles. The van der Waals surface area contributed by atoms with Gasteiger partial charge in [-0.15, -0.1) is 0 Å². The Morgan fingerprint density at radius 3 is 2.14 bits per heavy atom. The Morgan fingerprint density at radius 2 is 1.68 bits per heavy atom. The van der Waals surface area contributed by atoms with Crippen LogP contribution in [0.5, 0.6) is 5.75 Å². The zero-order valence-corrected chi connectivity index (χ0v) is 14.9. The molecular weight excluding hydrogens is 377 g/mol. The Bertz CT molecular complexity index is 821. The molecule has 0 aliphatic heterocycles. The van der Waals surface area contributed by atoms with Crippen LogP contribution < -0.4 is 15.8 Å². The first-order valence-electron chi connectivity index (χ1n) is 8.19. The standard InChI is InChI=1S/C19H19F3N2O4/c1-28-14-8-2-11(3-9-14)10-15(17(23)26)24-18(27)16(25)12-4-6-13(7-5-12)19(20,21)22/h2-9,15-16,25H,10H2,1H3,(H2,23,26)(H,24,27)/t15-,16-/m0/s1. The van der Waals surface area contributed by atoms with E-state index in [1.54, 1.807) is 24.3 Å². The van der Waals surface area contributed by atoms with Crippen molar-refractivity contribution in [3.63, 3.8) is 0 Å². The second kappa shape index (κ2) is 8.75. The lowest BCUT2D eigenvalue weighted by atomic mass is 10.0. The molecule has 2 amide bonds. The summed E-state index contributed by atoms with van der Waals surface area (Å²) in [5, 5.41) is 12.4. The third-order valence-electron chi connectivity index (χ3n) is 4.06. The average molecular weight is 396 g/mol. The van der Waals surface area contributed by atoms with Gasteiger partial charge in [-0.1, -0.05) is 24.3 Å². The van der Waals surface area contributed by atoms with Crippen molar-refractivity contribution in [3.05, 3.63) is 65.2 Å². The molecule has 9 heteroatoms. The Hall–Kier alpha value is -3.07. The Morgan fingerprint density at radius 1 is 1.11 bits per heavy atom. The second-order valence-corrected chi connectivity index (χ2v) is 6.04. The monoisotopic (exact) mass is 396 g/mol. The van der Waals surface area contributed by atoms with E-state index >= 15 is 0 Å². The second-order valence-electron chi connectivity index (χ2n) is 6.04. The summed E-state index contributed by atoms with van der Waals surface area (Å²) in [4.78, 5) is 23.9. The fraction of sp³-hybridized carbons (Fsp3) is 0.263. The van der Waals surface area contributed by atoms with Crippen molar-refractivity contribution in [3.8, 4) is 5.75 Å². The number of nitrogens with one attached hydrogen (secondary N) is 1. The lowest BCUT2D eigenvalue weighted by Crippen LogP contribution is -2.47. The molecule has 28 heavy (non-hydrogen) atoms. The van der Waals surface area contributed by atoms with E-state index in [2.05, 4.69) is 5.32 Å². The summed E-state index contributed by atoms with van der Waals surface area (Å²) >= 11 is 0. The number of carbonyl (C=O) groups is 2. The fourth-order valence-corrected chi connectivity index (χ4v) is 2.48. The van der Waals surface area contributed by atoms with E-state index < -0.39 is 35.7 Å². The van der Waals surface area contributed by atoms with Gasteiger partial charge in [-0.25, -0.2) is 0 Å². The van der Waals surface area contributed by atoms with Gasteiger partial charge in [0.05, 0.1) is 12.7 Å². The summed E-state index contributed by atoms with van der Waals surface area (Å²) in [6.45, 7) is 0.